The zero-order valence-corrected chi connectivity index (χ0v) is 17.5. The predicted octanol–water partition coefficient (Wildman–Crippen LogP) is 4.81. The molecule has 0 aliphatic carbocycles. The fraction of sp³-hybridized carbons (Fsp3) is 0.550. The van der Waals surface area contributed by atoms with E-state index in [1.54, 1.807) is 14.2 Å². The van der Waals surface area contributed by atoms with Crippen molar-refractivity contribution >= 4 is 35.1 Å². The van der Waals surface area contributed by atoms with E-state index in [1.807, 2.05) is 23.9 Å². The fourth-order valence-corrected chi connectivity index (χ4v) is 4.45. The van der Waals surface area contributed by atoms with Crippen LogP contribution in [-0.4, -0.2) is 49.5 Å². The maximum Gasteiger partial charge on any atom is 0.162 e. The summed E-state index contributed by atoms with van der Waals surface area (Å²) in [5.41, 5.74) is 2.28. The molecule has 1 aliphatic heterocycles. The van der Waals surface area contributed by atoms with Crippen molar-refractivity contribution < 1.29 is 9.47 Å². The van der Waals surface area contributed by atoms with Crippen molar-refractivity contribution in [3.63, 3.8) is 0 Å². The molecule has 0 atom stereocenters. The Morgan fingerprint density at radius 2 is 1.73 bits per heavy atom. The van der Waals surface area contributed by atoms with Gasteiger partial charge in [0.25, 0.3) is 0 Å². The van der Waals surface area contributed by atoms with Crippen molar-refractivity contribution in [3.05, 3.63) is 23.8 Å². The van der Waals surface area contributed by atoms with Crippen molar-refractivity contribution in [2.45, 2.75) is 37.6 Å². The average molecular weight is 397 g/mol. The number of piperidine rings is 1. The average Bonchev–Trinajstić information content (AvgIpc) is 2.67. The van der Waals surface area contributed by atoms with Gasteiger partial charge in [0.05, 0.1) is 24.8 Å². The third-order valence-electron chi connectivity index (χ3n) is 4.84. The van der Waals surface area contributed by atoms with Gasteiger partial charge in [-0.3, -0.25) is 0 Å². The number of methoxy groups -OCH3 is 2. The molecule has 2 heterocycles. The molecule has 1 aromatic carbocycles. The highest BCUT2D eigenvalue weighted by Gasteiger charge is 2.13. The van der Waals surface area contributed by atoms with Crippen LogP contribution in [0.25, 0.3) is 10.9 Å². The van der Waals surface area contributed by atoms with Crippen molar-refractivity contribution in [2.24, 2.45) is 0 Å². The second kappa shape index (κ2) is 10.2. The smallest absolute Gasteiger partial charge is 0.162 e. The standard InChI is InChI=1S/C20H28N2O2S.ClH/c1-4-15-12-16-13-18(23-2)19(24-3)14-17(16)21-20(15)25-11-10-22-8-6-5-7-9-22;/h12-14H,4-11H2,1-3H3;1H. The maximum absolute atomic E-state index is 5.42. The quantitative estimate of drug-likeness (QED) is 0.627. The highest BCUT2D eigenvalue weighted by atomic mass is 35.5. The summed E-state index contributed by atoms with van der Waals surface area (Å²) in [6, 6.07) is 6.23. The third kappa shape index (κ3) is 4.96. The highest BCUT2D eigenvalue weighted by Crippen LogP contribution is 2.34. The lowest BCUT2D eigenvalue weighted by atomic mass is 10.1. The van der Waals surface area contributed by atoms with Crippen LogP contribution < -0.4 is 9.47 Å². The van der Waals surface area contributed by atoms with E-state index in [4.69, 9.17) is 14.5 Å². The fourth-order valence-electron chi connectivity index (χ4n) is 3.36. The molecule has 1 aromatic heterocycles. The Balaban J connectivity index is 0.00000243. The normalized spacial score (nSPS) is 14.9. The van der Waals surface area contributed by atoms with Crippen molar-refractivity contribution in [1.29, 1.82) is 0 Å². The second-order valence-electron chi connectivity index (χ2n) is 6.46. The van der Waals surface area contributed by atoms with E-state index < -0.39 is 0 Å². The second-order valence-corrected chi connectivity index (χ2v) is 7.54. The van der Waals surface area contributed by atoms with Gasteiger partial charge in [-0.05, 0) is 50.0 Å². The number of hydrogen-bond acceptors (Lipinski definition) is 5. The lowest BCUT2D eigenvalue weighted by Gasteiger charge is -2.26. The molecule has 26 heavy (non-hydrogen) atoms. The molecule has 144 valence electrons. The molecule has 0 bridgehead atoms. The number of aromatic nitrogens is 1. The Labute approximate surface area is 167 Å². The van der Waals surface area contributed by atoms with Gasteiger partial charge in [-0.15, -0.1) is 24.2 Å². The molecule has 1 fully saturated rings. The Morgan fingerprint density at radius 3 is 2.38 bits per heavy atom. The molecule has 0 radical (unpaired) electrons. The summed E-state index contributed by atoms with van der Waals surface area (Å²) in [6.45, 7) is 5.85. The first-order chi connectivity index (χ1) is 12.2. The summed E-state index contributed by atoms with van der Waals surface area (Å²) >= 11 is 1.88. The van der Waals surface area contributed by atoms with E-state index in [0.29, 0.717) is 0 Å². The Kier molecular flexibility index (Phi) is 8.32. The molecular formula is C20H29ClN2O2S. The van der Waals surface area contributed by atoms with Crippen LogP contribution in [0.4, 0.5) is 0 Å². The van der Waals surface area contributed by atoms with Crippen molar-refractivity contribution in [1.82, 2.24) is 9.88 Å². The Hall–Kier alpha value is -1.17. The van der Waals surface area contributed by atoms with Gasteiger partial charge in [0.1, 0.15) is 0 Å². The monoisotopic (exact) mass is 396 g/mol. The first-order valence-electron chi connectivity index (χ1n) is 9.16. The maximum atomic E-state index is 5.42. The molecule has 1 saturated heterocycles. The molecule has 6 heteroatoms. The predicted molar refractivity (Wildman–Crippen MR) is 112 cm³/mol. The molecule has 0 unspecified atom stereocenters. The number of halogens is 1. The van der Waals surface area contributed by atoms with Crippen molar-refractivity contribution in [3.8, 4) is 11.5 Å². The minimum atomic E-state index is 0. The molecule has 0 saturated carbocycles. The molecule has 0 spiro atoms. The molecule has 1 aliphatic rings. The zero-order valence-electron chi connectivity index (χ0n) is 15.9. The summed E-state index contributed by atoms with van der Waals surface area (Å²) < 4.78 is 10.8. The Bertz CT molecular complexity index is 721. The summed E-state index contributed by atoms with van der Waals surface area (Å²) in [5.74, 6) is 2.58. The first-order valence-corrected chi connectivity index (χ1v) is 10.1. The van der Waals surface area contributed by atoms with Gasteiger partial charge >= 0.3 is 0 Å². The molecule has 4 nitrogen and oxygen atoms in total. The third-order valence-corrected chi connectivity index (χ3v) is 5.85. The topological polar surface area (TPSA) is 34.6 Å². The van der Waals surface area contributed by atoms with Crippen LogP contribution in [0.1, 0.15) is 31.7 Å². The largest absolute Gasteiger partial charge is 0.493 e. The van der Waals surface area contributed by atoms with Gasteiger partial charge in [0, 0.05) is 23.8 Å². The van der Waals surface area contributed by atoms with Crippen molar-refractivity contribution in [2.75, 3.05) is 39.6 Å². The molecule has 2 aromatic rings. The summed E-state index contributed by atoms with van der Waals surface area (Å²) in [6.07, 6.45) is 5.08. The number of thioether (sulfide) groups is 1. The van der Waals surface area contributed by atoms with E-state index in [1.165, 1.54) is 37.9 Å². The first kappa shape index (κ1) is 21.1. The summed E-state index contributed by atoms with van der Waals surface area (Å²) in [5, 5.41) is 2.26. The molecule has 3 rings (SSSR count). The minimum absolute atomic E-state index is 0. The van der Waals surface area contributed by atoms with Crippen LogP contribution in [0.5, 0.6) is 11.5 Å². The van der Waals surface area contributed by atoms with Crippen LogP contribution in [-0.2, 0) is 6.42 Å². The number of nitrogens with zero attached hydrogens (tertiary/aromatic N) is 2. The summed E-state index contributed by atoms with van der Waals surface area (Å²) in [4.78, 5) is 7.50. The Morgan fingerprint density at radius 1 is 1.04 bits per heavy atom. The number of rotatable bonds is 7. The lowest BCUT2D eigenvalue weighted by Crippen LogP contribution is -2.31. The van der Waals surface area contributed by atoms with Gasteiger partial charge in [-0.2, -0.15) is 0 Å². The van der Waals surface area contributed by atoms with Crippen LogP contribution >= 0.6 is 24.2 Å². The van der Waals surface area contributed by atoms with Gasteiger partial charge in [-0.25, -0.2) is 4.98 Å². The number of hydrogen-bond donors (Lipinski definition) is 0. The molecule has 0 amide bonds. The van der Waals surface area contributed by atoms with Crippen LogP contribution in [0, 0.1) is 0 Å². The molecule has 0 N–H and O–H groups in total. The minimum Gasteiger partial charge on any atom is -0.493 e. The number of aryl methyl sites for hydroxylation is 1. The van der Waals surface area contributed by atoms with E-state index in [9.17, 15) is 0 Å². The van der Waals surface area contributed by atoms with Gasteiger partial charge in [-0.1, -0.05) is 13.3 Å². The van der Waals surface area contributed by atoms with E-state index in [-0.39, 0.29) is 12.4 Å². The van der Waals surface area contributed by atoms with Gasteiger partial charge in [0.2, 0.25) is 0 Å². The number of likely N-dealkylation sites (tertiary alicyclic amines) is 1. The lowest BCUT2D eigenvalue weighted by molar-refractivity contribution is 0.242. The number of fused-ring (bicyclic) bond motifs is 1. The van der Waals surface area contributed by atoms with Crippen LogP contribution in [0.15, 0.2) is 23.2 Å². The summed E-state index contributed by atoms with van der Waals surface area (Å²) in [7, 11) is 3.33. The van der Waals surface area contributed by atoms with E-state index in [0.717, 1.165) is 46.1 Å². The highest BCUT2D eigenvalue weighted by molar-refractivity contribution is 7.99. The number of benzene rings is 1. The molecular weight excluding hydrogens is 368 g/mol. The SMILES string of the molecule is CCc1cc2cc(OC)c(OC)cc2nc1SCCN1CCCCC1.Cl. The van der Waals surface area contributed by atoms with Crippen LogP contribution in [0.3, 0.4) is 0 Å². The zero-order chi connectivity index (χ0) is 17.6. The van der Waals surface area contributed by atoms with Gasteiger partial charge in [0.15, 0.2) is 11.5 Å². The number of ether oxygens (including phenoxy) is 2. The van der Waals surface area contributed by atoms with Gasteiger partial charge < -0.3 is 14.4 Å². The number of pyridine rings is 1. The van der Waals surface area contributed by atoms with E-state index >= 15 is 0 Å². The van der Waals surface area contributed by atoms with Crippen LogP contribution in [0.2, 0.25) is 0 Å². The van der Waals surface area contributed by atoms with E-state index in [2.05, 4.69) is 17.9 Å².